The van der Waals surface area contributed by atoms with E-state index < -0.39 is 0 Å². The second kappa shape index (κ2) is 11.2. The maximum absolute atomic E-state index is 12.7. The van der Waals surface area contributed by atoms with E-state index in [1.165, 1.54) is 0 Å². The molecule has 1 aliphatic rings. The van der Waals surface area contributed by atoms with Gasteiger partial charge in [0.05, 0.1) is 32.3 Å². The summed E-state index contributed by atoms with van der Waals surface area (Å²) in [6.45, 7) is 3.09. The summed E-state index contributed by atoms with van der Waals surface area (Å²) in [7, 11) is 0. The zero-order valence-electron chi connectivity index (χ0n) is 16.6. The Morgan fingerprint density at radius 1 is 1.10 bits per heavy atom. The van der Waals surface area contributed by atoms with Crippen molar-refractivity contribution >= 4 is 33.4 Å². The van der Waals surface area contributed by atoms with Crippen LogP contribution in [0.15, 0.2) is 53.0 Å². The summed E-state index contributed by atoms with van der Waals surface area (Å²) in [6.07, 6.45) is 0. The zero-order valence-corrected chi connectivity index (χ0v) is 18.2. The summed E-state index contributed by atoms with van der Waals surface area (Å²) in [5, 5.41) is 6.26. The number of benzene rings is 2. The Hall–Kier alpha value is -2.30. The molecule has 9 heteroatoms. The number of nitrogens with two attached hydrogens (primary N) is 1. The fraction of sp³-hybridized carbons (Fsp3) is 0.333. The van der Waals surface area contributed by atoms with Crippen LogP contribution in [0.25, 0.3) is 0 Å². The van der Waals surface area contributed by atoms with E-state index in [1.54, 1.807) is 0 Å². The second-order valence-electron chi connectivity index (χ2n) is 6.96. The molecule has 1 fully saturated rings. The van der Waals surface area contributed by atoms with E-state index >= 15 is 0 Å². The number of hydrazine groups is 1. The standard InChI is InChI=1S/C21H26BrN5O3/c22-16-6-7-18(25-20(29)14-27-8-10-30-11-9-27)17(12-16)21(24-13-19(28)26-23)15-4-2-1-3-5-15/h1-7,12,21,24H,8-11,13-14,23H2,(H,25,29)(H,26,28). The van der Waals surface area contributed by atoms with Crippen molar-refractivity contribution in [2.24, 2.45) is 5.84 Å². The molecule has 0 radical (unpaired) electrons. The van der Waals surface area contributed by atoms with Gasteiger partial charge in [0.25, 0.3) is 0 Å². The average Bonchev–Trinajstić information content (AvgIpc) is 2.77. The first-order valence-corrected chi connectivity index (χ1v) is 10.5. The Morgan fingerprint density at radius 3 is 2.53 bits per heavy atom. The van der Waals surface area contributed by atoms with Crippen molar-refractivity contribution in [3.05, 3.63) is 64.1 Å². The van der Waals surface area contributed by atoms with Gasteiger partial charge in [-0.3, -0.25) is 25.2 Å². The summed E-state index contributed by atoms with van der Waals surface area (Å²) in [5.74, 6) is 4.81. The van der Waals surface area contributed by atoms with Crippen LogP contribution in [-0.4, -0.2) is 56.1 Å². The van der Waals surface area contributed by atoms with Crippen LogP contribution in [0.2, 0.25) is 0 Å². The summed E-state index contributed by atoms with van der Waals surface area (Å²) in [5.41, 5.74) is 4.62. The van der Waals surface area contributed by atoms with E-state index in [2.05, 4.69) is 36.9 Å². The van der Waals surface area contributed by atoms with Gasteiger partial charge in [0.15, 0.2) is 0 Å². The Balaban J connectivity index is 1.84. The van der Waals surface area contributed by atoms with Crippen molar-refractivity contribution in [2.75, 3.05) is 44.7 Å². The third-order valence-corrected chi connectivity index (χ3v) is 5.32. The van der Waals surface area contributed by atoms with Gasteiger partial charge >= 0.3 is 0 Å². The first kappa shape index (κ1) is 22.4. The number of rotatable bonds is 8. The number of hydrogen-bond donors (Lipinski definition) is 4. The molecule has 3 rings (SSSR count). The van der Waals surface area contributed by atoms with E-state index in [9.17, 15) is 9.59 Å². The van der Waals surface area contributed by atoms with Crippen LogP contribution in [0.3, 0.4) is 0 Å². The molecule has 2 aromatic rings. The lowest BCUT2D eigenvalue weighted by atomic mass is 9.97. The molecule has 1 atom stereocenters. The molecular weight excluding hydrogens is 450 g/mol. The highest BCUT2D eigenvalue weighted by atomic mass is 79.9. The molecule has 8 nitrogen and oxygen atoms in total. The van der Waals surface area contributed by atoms with Crippen molar-refractivity contribution in [3.63, 3.8) is 0 Å². The molecule has 0 aliphatic carbocycles. The molecule has 1 unspecified atom stereocenters. The molecule has 160 valence electrons. The maximum Gasteiger partial charge on any atom is 0.247 e. The van der Waals surface area contributed by atoms with Crippen molar-refractivity contribution in [1.82, 2.24) is 15.6 Å². The number of halogens is 1. The predicted molar refractivity (Wildman–Crippen MR) is 119 cm³/mol. The number of nitrogens with one attached hydrogen (secondary N) is 3. The van der Waals surface area contributed by atoms with Crippen LogP contribution in [0.1, 0.15) is 17.2 Å². The fourth-order valence-electron chi connectivity index (χ4n) is 3.34. The minimum absolute atomic E-state index is 0.0315. The lowest BCUT2D eigenvalue weighted by Gasteiger charge is -2.27. The van der Waals surface area contributed by atoms with Gasteiger partial charge in [-0.2, -0.15) is 0 Å². The van der Waals surface area contributed by atoms with Crippen LogP contribution in [0, 0.1) is 0 Å². The molecule has 1 heterocycles. The van der Waals surface area contributed by atoms with Crippen molar-refractivity contribution in [3.8, 4) is 0 Å². The lowest BCUT2D eigenvalue weighted by molar-refractivity contribution is -0.120. The van der Waals surface area contributed by atoms with Gasteiger partial charge in [-0.05, 0) is 29.3 Å². The number of morpholine rings is 1. The van der Waals surface area contributed by atoms with Gasteiger partial charge in [-0.25, -0.2) is 5.84 Å². The van der Waals surface area contributed by atoms with Crippen LogP contribution < -0.4 is 21.9 Å². The van der Waals surface area contributed by atoms with Crippen molar-refractivity contribution < 1.29 is 14.3 Å². The quantitative estimate of drug-likeness (QED) is 0.261. The Morgan fingerprint density at radius 2 is 1.83 bits per heavy atom. The molecule has 30 heavy (non-hydrogen) atoms. The SMILES string of the molecule is NNC(=O)CNC(c1ccccc1)c1cc(Br)ccc1NC(=O)CN1CCOCC1. The largest absolute Gasteiger partial charge is 0.379 e. The Labute approximate surface area is 184 Å². The lowest BCUT2D eigenvalue weighted by Crippen LogP contribution is -2.41. The minimum Gasteiger partial charge on any atom is -0.379 e. The van der Waals surface area contributed by atoms with E-state index in [-0.39, 0.29) is 24.4 Å². The Bertz CT molecular complexity index is 859. The number of nitrogens with zero attached hydrogens (tertiary/aromatic N) is 1. The van der Waals surface area contributed by atoms with Crippen LogP contribution in [0.5, 0.6) is 0 Å². The highest BCUT2D eigenvalue weighted by Gasteiger charge is 2.21. The van der Waals surface area contributed by atoms with Gasteiger partial charge in [0.2, 0.25) is 11.8 Å². The van der Waals surface area contributed by atoms with Gasteiger partial charge in [-0.1, -0.05) is 46.3 Å². The number of carbonyl (C=O) groups is 2. The Kier molecular flexibility index (Phi) is 8.35. The molecule has 0 aromatic heterocycles. The maximum atomic E-state index is 12.7. The molecule has 0 spiro atoms. The van der Waals surface area contributed by atoms with Gasteiger partial charge in [0, 0.05) is 23.2 Å². The first-order chi connectivity index (χ1) is 14.6. The average molecular weight is 476 g/mol. The topological polar surface area (TPSA) is 109 Å². The van der Waals surface area contributed by atoms with E-state index in [0.29, 0.717) is 25.4 Å². The zero-order chi connectivity index (χ0) is 21.3. The molecule has 1 saturated heterocycles. The highest BCUT2D eigenvalue weighted by Crippen LogP contribution is 2.31. The summed E-state index contributed by atoms with van der Waals surface area (Å²) in [4.78, 5) is 26.5. The molecule has 1 aliphatic heterocycles. The molecule has 2 amide bonds. The van der Waals surface area contributed by atoms with Crippen molar-refractivity contribution in [1.29, 1.82) is 0 Å². The molecule has 2 aromatic carbocycles. The summed E-state index contributed by atoms with van der Waals surface area (Å²) < 4.78 is 6.21. The van der Waals surface area contributed by atoms with Gasteiger partial charge < -0.3 is 10.1 Å². The van der Waals surface area contributed by atoms with Gasteiger partial charge in [-0.15, -0.1) is 0 Å². The first-order valence-electron chi connectivity index (χ1n) is 9.74. The normalized spacial score (nSPS) is 15.4. The molecule has 5 N–H and O–H groups in total. The number of anilines is 1. The van der Waals surface area contributed by atoms with Crippen molar-refractivity contribution in [2.45, 2.75) is 6.04 Å². The monoisotopic (exact) mass is 475 g/mol. The van der Waals surface area contributed by atoms with E-state index in [0.717, 1.165) is 28.7 Å². The highest BCUT2D eigenvalue weighted by molar-refractivity contribution is 9.10. The smallest absolute Gasteiger partial charge is 0.247 e. The third-order valence-electron chi connectivity index (χ3n) is 4.83. The third kappa shape index (κ3) is 6.35. The summed E-state index contributed by atoms with van der Waals surface area (Å²) in [6, 6.07) is 15.1. The van der Waals surface area contributed by atoms with Crippen LogP contribution >= 0.6 is 15.9 Å². The fourth-order valence-corrected chi connectivity index (χ4v) is 3.72. The van der Waals surface area contributed by atoms with Crippen LogP contribution in [-0.2, 0) is 14.3 Å². The molecular formula is C21H26BrN5O3. The van der Waals surface area contributed by atoms with Crippen LogP contribution in [0.4, 0.5) is 5.69 Å². The number of amides is 2. The number of ether oxygens (including phenoxy) is 1. The molecule has 0 saturated carbocycles. The van der Waals surface area contributed by atoms with E-state index in [1.807, 2.05) is 48.5 Å². The van der Waals surface area contributed by atoms with Gasteiger partial charge in [0.1, 0.15) is 0 Å². The number of carbonyl (C=O) groups excluding carboxylic acids is 2. The minimum atomic E-state index is -0.330. The van der Waals surface area contributed by atoms with E-state index in [4.69, 9.17) is 10.6 Å². The number of hydrogen-bond acceptors (Lipinski definition) is 6. The predicted octanol–water partition coefficient (Wildman–Crippen LogP) is 1.39. The summed E-state index contributed by atoms with van der Waals surface area (Å²) >= 11 is 3.51. The molecule has 0 bridgehead atoms. The second-order valence-corrected chi connectivity index (χ2v) is 7.88.